The summed E-state index contributed by atoms with van der Waals surface area (Å²) in [4.78, 5) is 10.7. The molecule has 24 heavy (non-hydrogen) atoms. The lowest BCUT2D eigenvalue weighted by atomic mass is 10.1. The molecule has 0 aliphatic rings. The van der Waals surface area contributed by atoms with Gasteiger partial charge in [-0.25, -0.2) is 4.79 Å². The van der Waals surface area contributed by atoms with Gasteiger partial charge in [0.15, 0.2) is 0 Å². The van der Waals surface area contributed by atoms with Crippen LogP contribution in [0.4, 0.5) is 13.2 Å². The maximum atomic E-state index is 12.6. The Kier molecular flexibility index (Phi) is 5.49. The second kappa shape index (κ2) is 7.38. The molecule has 0 aliphatic carbocycles. The van der Waals surface area contributed by atoms with Gasteiger partial charge in [-0.3, -0.25) is 0 Å². The van der Waals surface area contributed by atoms with Crippen molar-refractivity contribution in [3.63, 3.8) is 0 Å². The van der Waals surface area contributed by atoms with Gasteiger partial charge < -0.3 is 9.52 Å². The molecular formula is C18H17F3O3. The first-order valence-electron chi connectivity index (χ1n) is 7.52. The quantitative estimate of drug-likeness (QED) is 0.717. The van der Waals surface area contributed by atoms with Crippen molar-refractivity contribution in [2.24, 2.45) is 0 Å². The highest BCUT2D eigenvalue weighted by Gasteiger charge is 2.30. The van der Waals surface area contributed by atoms with E-state index in [0.29, 0.717) is 29.1 Å². The summed E-state index contributed by atoms with van der Waals surface area (Å²) < 4.78 is 43.6. The number of aliphatic carboxylic acids is 1. The first-order chi connectivity index (χ1) is 11.3. The summed E-state index contributed by atoms with van der Waals surface area (Å²) in [6, 6.07) is 6.32. The maximum Gasteiger partial charge on any atom is 0.416 e. The highest BCUT2D eigenvalue weighted by atomic mass is 19.4. The lowest BCUT2D eigenvalue weighted by Crippen LogP contribution is -2.03. The minimum atomic E-state index is -4.39. The number of hydrogen-bond acceptors (Lipinski definition) is 2. The normalized spacial score (nSPS) is 12.0. The lowest BCUT2D eigenvalue weighted by Gasteiger charge is -2.06. The van der Waals surface area contributed by atoms with Crippen LogP contribution in [0.3, 0.4) is 0 Å². The minimum absolute atomic E-state index is 0.417. The van der Waals surface area contributed by atoms with Gasteiger partial charge in [0.05, 0.1) is 5.56 Å². The molecule has 1 heterocycles. The average molecular weight is 338 g/mol. The number of furan rings is 1. The highest BCUT2D eigenvalue weighted by molar-refractivity contribution is 5.85. The zero-order valence-electron chi connectivity index (χ0n) is 13.1. The van der Waals surface area contributed by atoms with Gasteiger partial charge in [-0.1, -0.05) is 25.5 Å². The van der Waals surface area contributed by atoms with Crippen LogP contribution in [0.25, 0.3) is 17.4 Å². The van der Waals surface area contributed by atoms with Crippen LogP contribution in [0.2, 0.25) is 0 Å². The van der Waals surface area contributed by atoms with Crippen molar-refractivity contribution >= 4 is 12.0 Å². The fourth-order valence-electron chi connectivity index (χ4n) is 2.24. The van der Waals surface area contributed by atoms with Crippen LogP contribution in [0, 0.1) is 0 Å². The molecule has 0 unspecified atom stereocenters. The number of carboxylic acid groups (broad SMARTS) is 1. The molecule has 6 heteroatoms. The van der Waals surface area contributed by atoms with Gasteiger partial charge in [0, 0.05) is 23.6 Å². The van der Waals surface area contributed by atoms with Crippen molar-refractivity contribution in [3.05, 3.63) is 53.3 Å². The number of carbonyl (C=O) groups is 1. The number of carboxylic acids is 1. The van der Waals surface area contributed by atoms with Gasteiger partial charge in [0.25, 0.3) is 0 Å². The summed E-state index contributed by atoms with van der Waals surface area (Å²) in [5.41, 5.74) is 0.409. The Morgan fingerprint density at radius 3 is 2.46 bits per heavy atom. The van der Waals surface area contributed by atoms with Crippen molar-refractivity contribution in [2.75, 3.05) is 0 Å². The third-order valence-corrected chi connectivity index (χ3v) is 3.50. The molecule has 2 aromatic rings. The van der Waals surface area contributed by atoms with Crippen LogP contribution < -0.4 is 0 Å². The van der Waals surface area contributed by atoms with Crippen LogP contribution in [0.15, 0.2) is 40.8 Å². The molecule has 0 atom stereocenters. The average Bonchev–Trinajstić information content (AvgIpc) is 2.93. The summed E-state index contributed by atoms with van der Waals surface area (Å²) >= 11 is 0. The zero-order chi connectivity index (χ0) is 17.7. The standard InChI is InChI=1S/C18H17F3O3/c1-2-3-4-15-13(7-10-17(22)23)11-16(24-15)12-5-8-14(9-6-12)18(19,20)21/h5-11H,2-4H2,1H3,(H,22,23). The van der Waals surface area contributed by atoms with Crippen molar-refractivity contribution in [2.45, 2.75) is 32.4 Å². The smallest absolute Gasteiger partial charge is 0.416 e. The Bertz CT molecular complexity index is 725. The van der Waals surface area contributed by atoms with Crippen LogP contribution in [-0.2, 0) is 17.4 Å². The van der Waals surface area contributed by atoms with E-state index < -0.39 is 17.7 Å². The molecule has 0 fully saturated rings. The third-order valence-electron chi connectivity index (χ3n) is 3.50. The number of unbranched alkanes of at least 4 members (excludes halogenated alkanes) is 1. The largest absolute Gasteiger partial charge is 0.478 e. The Morgan fingerprint density at radius 2 is 1.92 bits per heavy atom. The van der Waals surface area contributed by atoms with Crippen molar-refractivity contribution in [1.82, 2.24) is 0 Å². The summed E-state index contributed by atoms with van der Waals surface area (Å²) in [6.07, 6.45) is 0.507. The number of halogens is 3. The Labute approximate surface area is 137 Å². The first kappa shape index (κ1) is 17.8. The van der Waals surface area contributed by atoms with E-state index in [9.17, 15) is 18.0 Å². The van der Waals surface area contributed by atoms with Crippen molar-refractivity contribution < 1.29 is 27.5 Å². The maximum absolute atomic E-state index is 12.6. The van der Waals surface area contributed by atoms with E-state index >= 15 is 0 Å². The Morgan fingerprint density at radius 1 is 1.25 bits per heavy atom. The molecule has 1 aromatic carbocycles. The Hall–Kier alpha value is -2.50. The molecular weight excluding hydrogens is 321 g/mol. The van der Waals surface area contributed by atoms with Crippen LogP contribution in [0.1, 0.15) is 36.7 Å². The van der Waals surface area contributed by atoms with E-state index in [4.69, 9.17) is 9.52 Å². The van der Waals surface area contributed by atoms with Gasteiger partial charge in [-0.15, -0.1) is 0 Å². The molecule has 0 amide bonds. The van der Waals surface area contributed by atoms with E-state index in [-0.39, 0.29) is 0 Å². The number of alkyl halides is 3. The molecule has 128 valence electrons. The number of hydrogen-bond donors (Lipinski definition) is 1. The van der Waals surface area contributed by atoms with Gasteiger partial charge in [-0.05, 0) is 30.7 Å². The summed E-state index contributed by atoms with van der Waals surface area (Å²) in [6.45, 7) is 2.02. The molecule has 2 rings (SSSR count). The van der Waals surface area contributed by atoms with Crippen LogP contribution in [-0.4, -0.2) is 11.1 Å². The molecule has 1 aromatic heterocycles. The van der Waals surface area contributed by atoms with Gasteiger partial charge >= 0.3 is 12.1 Å². The van der Waals surface area contributed by atoms with E-state index in [2.05, 4.69) is 0 Å². The minimum Gasteiger partial charge on any atom is -0.478 e. The van der Waals surface area contributed by atoms with E-state index in [1.807, 2.05) is 6.92 Å². The van der Waals surface area contributed by atoms with Gasteiger partial charge in [0.1, 0.15) is 11.5 Å². The number of aryl methyl sites for hydroxylation is 1. The van der Waals surface area contributed by atoms with Gasteiger partial charge in [0.2, 0.25) is 0 Å². The monoisotopic (exact) mass is 338 g/mol. The van der Waals surface area contributed by atoms with E-state index in [0.717, 1.165) is 31.1 Å². The second-order valence-electron chi connectivity index (χ2n) is 5.34. The molecule has 0 saturated heterocycles. The number of benzene rings is 1. The van der Waals surface area contributed by atoms with Crippen molar-refractivity contribution in [1.29, 1.82) is 0 Å². The summed E-state index contributed by atoms with van der Waals surface area (Å²) in [5, 5.41) is 8.75. The highest BCUT2D eigenvalue weighted by Crippen LogP contribution is 2.32. The fourth-order valence-corrected chi connectivity index (χ4v) is 2.24. The van der Waals surface area contributed by atoms with Crippen molar-refractivity contribution in [3.8, 4) is 11.3 Å². The summed E-state index contributed by atoms with van der Waals surface area (Å²) in [5.74, 6) is -0.0298. The van der Waals surface area contributed by atoms with E-state index in [1.165, 1.54) is 18.2 Å². The summed E-state index contributed by atoms with van der Waals surface area (Å²) in [7, 11) is 0. The Balaban J connectivity index is 2.34. The molecule has 0 aliphatic heterocycles. The molecule has 0 bridgehead atoms. The SMILES string of the molecule is CCCCc1oc(-c2ccc(C(F)(F)F)cc2)cc1C=CC(=O)O. The predicted molar refractivity (Wildman–Crippen MR) is 84.4 cm³/mol. The van der Waals surface area contributed by atoms with Gasteiger partial charge in [-0.2, -0.15) is 13.2 Å². The molecule has 0 spiro atoms. The number of rotatable bonds is 6. The molecule has 1 N–H and O–H groups in total. The third kappa shape index (κ3) is 4.50. The lowest BCUT2D eigenvalue weighted by molar-refractivity contribution is -0.137. The molecule has 0 radical (unpaired) electrons. The second-order valence-corrected chi connectivity index (χ2v) is 5.34. The topological polar surface area (TPSA) is 50.4 Å². The zero-order valence-corrected chi connectivity index (χ0v) is 13.1. The predicted octanol–water partition coefficient (Wildman–Crippen LogP) is 5.41. The van der Waals surface area contributed by atoms with Crippen LogP contribution in [0.5, 0.6) is 0 Å². The molecule has 3 nitrogen and oxygen atoms in total. The fraction of sp³-hybridized carbons (Fsp3) is 0.278. The van der Waals surface area contributed by atoms with E-state index in [1.54, 1.807) is 6.07 Å². The first-order valence-corrected chi connectivity index (χ1v) is 7.52. The van der Waals surface area contributed by atoms with Crippen LogP contribution >= 0.6 is 0 Å². The molecule has 0 saturated carbocycles.